The van der Waals surface area contributed by atoms with Crippen LogP contribution in [0, 0.1) is 0 Å². The van der Waals surface area contributed by atoms with Crippen LogP contribution >= 0.6 is 11.5 Å². The molecule has 0 saturated heterocycles. The maximum absolute atomic E-state index is 12.3. The lowest BCUT2D eigenvalue weighted by molar-refractivity contribution is -0.131. The van der Waals surface area contributed by atoms with Crippen molar-refractivity contribution in [3.05, 3.63) is 162 Å². The second-order valence-corrected chi connectivity index (χ2v) is 13.5. The maximum atomic E-state index is 12.3. The van der Waals surface area contributed by atoms with Crippen LogP contribution in [0.1, 0.15) is 37.3 Å². The molecule has 302 valence electrons. The summed E-state index contributed by atoms with van der Waals surface area (Å²) >= 11 is 1.08. The van der Waals surface area contributed by atoms with Crippen LogP contribution in [0.3, 0.4) is 0 Å². The number of fused-ring (bicyclic) bond motifs is 1. The fourth-order valence-corrected chi connectivity index (χ4v) is 5.97. The number of ether oxygens (including phenoxy) is 3. The molecule has 16 heteroatoms. The number of benzene rings is 6. The molecule has 6 aromatic carbocycles. The smallest absolute Gasteiger partial charge is 0.308 e. The zero-order valence-electron chi connectivity index (χ0n) is 32.0. The topological polar surface area (TPSA) is 236 Å². The Bertz CT molecular complexity index is 2590. The van der Waals surface area contributed by atoms with Crippen molar-refractivity contribution in [2.75, 3.05) is 39.9 Å². The molecule has 0 spiro atoms. The maximum Gasteiger partial charge on any atom is 0.308 e. The lowest BCUT2D eigenvalue weighted by Crippen LogP contribution is -2.12. The SMILES string of the molecule is CC(=O)Oc1cccc(C(=O)Nc2ccc(N)cc2)c1.Nc1ccc(NC(=O)c2cccc3c2OCO3)cc1.Nc1ccc(NC(=O)c2snnc2-c2ccccc2)cc1. The zero-order valence-corrected chi connectivity index (χ0v) is 32.8. The third-order valence-electron chi connectivity index (χ3n) is 8.25. The fraction of sp³-hybridized carbons (Fsp3) is 0.0455. The summed E-state index contributed by atoms with van der Waals surface area (Å²) in [7, 11) is 0. The first-order valence-electron chi connectivity index (χ1n) is 18.1. The first-order valence-corrected chi connectivity index (χ1v) is 18.9. The summed E-state index contributed by atoms with van der Waals surface area (Å²) < 4.78 is 19.4. The molecule has 8 rings (SSSR count). The minimum atomic E-state index is -0.430. The Morgan fingerprint density at radius 3 is 1.75 bits per heavy atom. The summed E-state index contributed by atoms with van der Waals surface area (Å²) in [4.78, 5) is 47.9. The predicted molar refractivity (Wildman–Crippen MR) is 232 cm³/mol. The van der Waals surface area contributed by atoms with Gasteiger partial charge in [0.1, 0.15) is 16.3 Å². The molecule has 15 nitrogen and oxygen atoms in total. The summed E-state index contributed by atoms with van der Waals surface area (Å²) in [6, 6.07) is 41.9. The Kier molecular flexibility index (Phi) is 13.6. The summed E-state index contributed by atoms with van der Waals surface area (Å²) in [5.41, 5.74) is 23.0. The van der Waals surface area contributed by atoms with E-state index in [4.69, 9.17) is 31.4 Å². The van der Waals surface area contributed by atoms with E-state index in [1.54, 1.807) is 109 Å². The van der Waals surface area contributed by atoms with Gasteiger partial charge in [-0.05, 0) is 115 Å². The van der Waals surface area contributed by atoms with E-state index in [0.29, 0.717) is 73.1 Å². The number of aromatic nitrogens is 2. The van der Waals surface area contributed by atoms with Crippen molar-refractivity contribution in [3.63, 3.8) is 0 Å². The molecule has 7 aromatic rings. The van der Waals surface area contributed by atoms with Gasteiger partial charge in [-0.25, -0.2) is 0 Å². The molecule has 1 aliphatic heterocycles. The number of esters is 1. The van der Waals surface area contributed by atoms with E-state index in [-0.39, 0.29) is 24.5 Å². The highest BCUT2D eigenvalue weighted by atomic mass is 32.1. The van der Waals surface area contributed by atoms with Gasteiger partial charge in [0.2, 0.25) is 6.79 Å². The molecular weight excluding hydrogens is 785 g/mol. The third-order valence-corrected chi connectivity index (χ3v) is 8.97. The van der Waals surface area contributed by atoms with Crippen molar-refractivity contribution in [1.82, 2.24) is 9.59 Å². The van der Waals surface area contributed by atoms with Gasteiger partial charge in [0.05, 0.1) is 5.56 Å². The Morgan fingerprint density at radius 1 is 0.617 bits per heavy atom. The number of nitrogens with two attached hydrogens (primary N) is 3. The van der Waals surface area contributed by atoms with Gasteiger partial charge in [0.25, 0.3) is 17.7 Å². The normalized spacial score (nSPS) is 10.8. The van der Waals surface area contributed by atoms with E-state index in [2.05, 4.69) is 25.5 Å². The number of nitrogen functional groups attached to an aromatic ring is 3. The van der Waals surface area contributed by atoms with Gasteiger partial charge in [-0.2, -0.15) is 0 Å². The lowest BCUT2D eigenvalue weighted by Gasteiger charge is -2.07. The predicted octanol–water partition coefficient (Wildman–Crippen LogP) is 7.74. The number of anilines is 6. The average molecular weight is 823 g/mol. The Balaban J connectivity index is 0.000000151. The van der Waals surface area contributed by atoms with Crippen LogP contribution in [0.4, 0.5) is 34.1 Å². The molecular formula is C44H38N8O7S. The fourth-order valence-electron chi connectivity index (χ4n) is 5.39. The molecule has 0 atom stereocenters. The Morgan fingerprint density at radius 2 is 1.17 bits per heavy atom. The first-order chi connectivity index (χ1) is 29.0. The van der Waals surface area contributed by atoms with Crippen molar-refractivity contribution in [2.45, 2.75) is 6.92 Å². The van der Waals surface area contributed by atoms with Crippen LogP contribution in [0.15, 0.2) is 146 Å². The third kappa shape index (κ3) is 11.4. The number of carbonyl (C=O) groups excluding carboxylic acids is 4. The molecule has 3 amide bonds. The molecule has 9 N–H and O–H groups in total. The van der Waals surface area contributed by atoms with E-state index in [1.165, 1.54) is 13.0 Å². The van der Waals surface area contributed by atoms with Crippen molar-refractivity contribution in [2.24, 2.45) is 0 Å². The number of amides is 3. The monoisotopic (exact) mass is 822 g/mol. The van der Waals surface area contributed by atoms with Crippen LogP contribution in [0.5, 0.6) is 17.2 Å². The quantitative estimate of drug-likeness (QED) is 0.0491. The highest BCUT2D eigenvalue weighted by Crippen LogP contribution is 2.35. The second-order valence-electron chi connectivity index (χ2n) is 12.7. The molecule has 0 bridgehead atoms. The van der Waals surface area contributed by atoms with Gasteiger partial charge in [-0.15, -0.1) is 5.10 Å². The minimum absolute atomic E-state index is 0.140. The standard InChI is InChI=1S/C15H12N4OS.C15H14N2O3.C14H12N2O3/c16-11-6-8-12(9-7-11)17-15(20)14-13(18-19-21-14)10-4-2-1-3-5-10;1-10(18)20-14-4-2-3-11(9-14)15(19)17-13-7-5-12(16)6-8-13;15-9-4-6-10(7-5-9)16-14(17)11-2-1-3-12-13(11)19-8-18-12/h1-9H,16H2,(H,17,20);2-9H,16H2,1H3,(H,17,19);1-7H,8,15H2,(H,16,17). The number of rotatable bonds is 8. The van der Waals surface area contributed by atoms with E-state index < -0.39 is 5.97 Å². The molecule has 2 heterocycles. The molecule has 0 unspecified atom stereocenters. The van der Waals surface area contributed by atoms with Crippen LogP contribution in [0.2, 0.25) is 0 Å². The Labute approximate surface area is 348 Å². The summed E-state index contributed by atoms with van der Waals surface area (Å²) in [5, 5.41) is 12.4. The van der Waals surface area contributed by atoms with Gasteiger partial charge < -0.3 is 47.4 Å². The van der Waals surface area contributed by atoms with Crippen molar-refractivity contribution >= 4 is 69.3 Å². The van der Waals surface area contributed by atoms with E-state index in [1.807, 2.05) is 30.3 Å². The van der Waals surface area contributed by atoms with Gasteiger partial charge in [-0.1, -0.05) is 47.0 Å². The number of nitrogens with zero attached hydrogens (tertiary/aromatic N) is 2. The molecule has 0 fully saturated rings. The lowest BCUT2D eigenvalue weighted by atomic mass is 10.1. The number of carbonyl (C=O) groups is 4. The molecule has 0 radical (unpaired) electrons. The molecule has 1 aromatic heterocycles. The summed E-state index contributed by atoms with van der Waals surface area (Å²) in [6.45, 7) is 1.45. The van der Waals surface area contributed by atoms with Crippen LogP contribution < -0.4 is 47.4 Å². The highest BCUT2D eigenvalue weighted by molar-refractivity contribution is 7.08. The molecule has 0 aliphatic carbocycles. The number of nitrogens with one attached hydrogen (secondary N) is 3. The van der Waals surface area contributed by atoms with Gasteiger partial charge in [-0.3, -0.25) is 19.2 Å². The zero-order chi connectivity index (χ0) is 42.4. The minimum Gasteiger partial charge on any atom is -0.454 e. The molecule has 1 aliphatic rings. The van der Waals surface area contributed by atoms with Crippen molar-refractivity contribution < 1.29 is 33.4 Å². The van der Waals surface area contributed by atoms with E-state index >= 15 is 0 Å². The molecule has 60 heavy (non-hydrogen) atoms. The van der Waals surface area contributed by atoms with Crippen LogP contribution in [-0.2, 0) is 4.79 Å². The van der Waals surface area contributed by atoms with Crippen molar-refractivity contribution in [3.8, 4) is 28.5 Å². The highest BCUT2D eigenvalue weighted by Gasteiger charge is 2.22. The second kappa shape index (κ2) is 19.8. The molecule has 0 saturated carbocycles. The van der Waals surface area contributed by atoms with E-state index in [9.17, 15) is 19.2 Å². The number of para-hydroxylation sites is 1. The Hall–Kier alpha value is -8.24. The number of hydrogen-bond donors (Lipinski definition) is 6. The van der Waals surface area contributed by atoms with E-state index in [0.717, 1.165) is 17.1 Å². The van der Waals surface area contributed by atoms with Gasteiger partial charge in [0.15, 0.2) is 11.5 Å². The van der Waals surface area contributed by atoms with Gasteiger partial charge >= 0.3 is 5.97 Å². The largest absolute Gasteiger partial charge is 0.454 e. The van der Waals surface area contributed by atoms with Crippen LogP contribution in [0.25, 0.3) is 11.3 Å². The number of hydrogen-bond acceptors (Lipinski definition) is 13. The van der Waals surface area contributed by atoms with Gasteiger partial charge in [0, 0.05) is 52.2 Å². The average Bonchev–Trinajstić information content (AvgIpc) is 3.95. The van der Waals surface area contributed by atoms with Crippen molar-refractivity contribution in [1.29, 1.82) is 0 Å². The summed E-state index contributed by atoms with van der Waals surface area (Å²) in [5.74, 6) is 0.216. The van der Waals surface area contributed by atoms with Crippen LogP contribution in [-0.4, -0.2) is 40.1 Å². The summed E-state index contributed by atoms with van der Waals surface area (Å²) in [6.07, 6.45) is 0. The first kappa shape index (κ1) is 41.4.